The molecule has 1 aromatic heterocycles. The van der Waals surface area contributed by atoms with E-state index in [9.17, 15) is 8.78 Å². The Morgan fingerprint density at radius 3 is 2.75 bits per heavy atom. The first-order chi connectivity index (χ1) is 5.74. The number of hydrogen-bond donors (Lipinski definition) is 0. The standard InChI is InChI=1S/C9H11F2N/c1-2-3-4-9-8(11)5-7(10)6-12-9/h5-6H,2-4H2,1H3. The van der Waals surface area contributed by atoms with Crippen LogP contribution in [-0.4, -0.2) is 4.98 Å². The molecule has 1 nitrogen and oxygen atoms in total. The molecule has 0 fully saturated rings. The molecule has 0 bridgehead atoms. The van der Waals surface area contributed by atoms with E-state index >= 15 is 0 Å². The van der Waals surface area contributed by atoms with Gasteiger partial charge in [0.25, 0.3) is 0 Å². The molecular weight excluding hydrogens is 160 g/mol. The van der Waals surface area contributed by atoms with Crippen molar-refractivity contribution in [3.8, 4) is 0 Å². The van der Waals surface area contributed by atoms with E-state index < -0.39 is 11.6 Å². The molecule has 0 unspecified atom stereocenters. The van der Waals surface area contributed by atoms with Crippen molar-refractivity contribution in [2.45, 2.75) is 26.2 Å². The minimum absolute atomic E-state index is 0.359. The van der Waals surface area contributed by atoms with E-state index in [1.807, 2.05) is 6.92 Å². The molecule has 0 aliphatic heterocycles. The number of pyridine rings is 1. The Bertz CT molecular complexity index is 261. The maximum atomic E-state index is 12.9. The van der Waals surface area contributed by atoms with Gasteiger partial charge in [0.2, 0.25) is 0 Å². The highest BCUT2D eigenvalue weighted by Crippen LogP contribution is 2.08. The number of rotatable bonds is 3. The summed E-state index contributed by atoms with van der Waals surface area (Å²) in [6.45, 7) is 2.02. The second kappa shape index (κ2) is 4.14. The van der Waals surface area contributed by atoms with Crippen molar-refractivity contribution in [3.05, 3.63) is 29.6 Å². The topological polar surface area (TPSA) is 12.9 Å². The fraction of sp³-hybridized carbons (Fsp3) is 0.444. The van der Waals surface area contributed by atoms with Gasteiger partial charge in [-0.3, -0.25) is 4.98 Å². The highest BCUT2D eigenvalue weighted by Gasteiger charge is 2.03. The van der Waals surface area contributed by atoms with Crippen LogP contribution in [0.25, 0.3) is 0 Å². The fourth-order valence-corrected chi connectivity index (χ4v) is 0.971. The molecule has 0 saturated heterocycles. The van der Waals surface area contributed by atoms with Crippen LogP contribution >= 0.6 is 0 Å². The highest BCUT2D eigenvalue weighted by molar-refractivity contribution is 5.08. The summed E-state index contributed by atoms with van der Waals surface area (Å²) in [5.74, 6) is -1.16. The van der Waals surface area contributed by atoms with Gasteiger partial charge in [0.1, 0.15) is 11.6 Å². The number of aromatic nitrogens is 1. The highest BCUT2D eigenvalue weighted by atomic mass is 19.1. The van der Waals surface area contributed by atoms with E-state index in [4.69, 9.17) is 0 Å². The predicted molar refractivity (Wildman–Crippen MR) is 42.8 cm³/mol. The van der Waals surface area contributed by atoms with Crippen LogP contribution in [0.2, 0.25) is 0 Å². The van der Waals surface area contributed by atoms with E-state index in [2.05, 4.69) is 4.98 Å². The third kappa shape index (κ3) is 2.26. The van der Waals surface area contributed by atoms with Gasteiger partial charge >= 0.3 is 0 Å². The molecule has 0 aromatic carbocycles. The average Bonchev–Trinajstić information content (AvgIpc) is 2.03. The molecule has 0 radical (unpaired) electrons. The third-order valence-electron chi connectivity index (χ3n) is 1.65. The molecule has 3 heteroatoms. The van der Waals surface area contributed by atoms with Crippen LogP contribution in [0.15, 0.2) is 12.3 Å². The summed E-state index contributed by atoms with van der Waals surface area (Å²) in [5.41, 5.74) is 0.359. The number of unbranched alkanes of at least 4 members (excludes halogenated alkanes) is 1. The zero-order chi connectivity index (χ0) is 8.97. The van der Waals surface area contributed by atoms with Crippen LogP contribution in [0, 0.1) is 11.6 Å². The van der Waals surface area contributed by atoms with E-state index in [1.165, 1.54) is 0 Å². The molecule has 66 valence electrons. The lowest BCUT2D eigenvalue weighted by atomic mass is 10.2. The zero-order valence-electron chi connectivity index (χ0n) is 6.98. The molecule has 1 heterocycles. The first-order valence-corrected chi connectivity index (χ1v) is 4.04. The second-order valence-corrected chi connectivity index (χ2v) is 2.69. The Morgan fingerprint density at radius 1 is 1.42 bits per heavy atom. The lowest BCUT2D eigenvalue weighted by Crippen LogP contribution is -1.95. The molecule has 0 atom stereocenters. The van der Waals surface area contributed by atoms with Crippen LogP contribution in [0.4, 0.5) is 8.78 Å². The van der Waals surface area contributed by atoms with Crippen LogP contribution < -0.4 is 0 Å². The lowest BCUT2D eigenvalue weighted by molar-refractivity contribution is 0.553. The number of nitrogens with zero attached hydrogens (tertiary/aromatic N) is 1. The minimum atomic E-state index is -0.618. The smallest absolute Gasteiger partial charge is 0.147 e. The Hall–Kier alpha value is -0.990. The Balaban J connectivity index is 2.72. The van der Waals surface area contributed by atoms with Crippen molar-refractivity contribution in [2.24, 2.45) is 0 Å². The first kappa shape index (κ1) is 9.10. The molecule has 0 amide bonds. The molecule has 1 rings (SSSR count). The van der Waals surface area contributed by atoms with Gasteiger partial charge in [-0.05, 0) is 12.8 Å². The van der Waals surface area contributed by atoms with Gasteiger partial charge in [-0.15, -0.1) is 0 Å². The number of hydrogen-bond acceptors (Lipinski definition) is 1. The van der Waals surface area contributed by atoms with E-state index in [1.54, 1.807) is 0 Å². The molecule has 1 aromatic rings. The summed E-state index contributed by atoms with van der Waals surface area (Å²) in [7, 11) is 0. The maximum Gasteiger partial charge on any atom is 0.147 e. The van der Waals surface area contributed by atoms with Crippen molar-refractivity contribution >= 4 is 0 Å². The van der Waals surface area contributed by atoms with Crippen molar-refractivity contribution < 1.29 is 8.78 Å². The monoisotopic (exact) mass is 171 g/mol. The molecular formula is C9H11F2N. The van der Waals surface area contributed by atoms with Gasteiger partial charge in [-0.25, -0.2) is 8.78 Å². The fourth-order valence-electron chi connectivity index (χ4n) is 0.971. The third-order valence-corrected chi connectivity index (χ3v) is 1.65. The first-order valence-electron chi connectivity index (χ1n) is 4.04. The minimum Gasteiger partial charge on any atom is -0.255 e. The van der Waals surface area contributed by atoms with Crippen LogP contribution in [0.1, 0.15) is 25.5 Å². The van der Waals surface area contributed by atoms with Crippen molar-refractivity contribution in [3.63, 3.8) is 0 Å². The van der Waals surface area contributed by atoms with Gasteiger partial charge < -0.3 is 0 Å². The Kier molecular flexibility index (Phi) is 3.14. The van der Waals surface area contributed by atoms with Gasteiger partial charge in [0.05, 0.1) is 11.9 Å². The second-order valence-electron chi connectivity index (χ2n) is 2.69. The van der Waals surface area contributed by atoms with Crippen LogP contribution in [0.3, 0.4) is 0 Å². The largest absolute Gasteiger partial charge is 0.255 e. The molecule has 0 aliphatic carbocycles. The molecule has 12 heavy (non-hydrogen) atoms. The van der Waals surface area contributed by atoms with Gasteiger partial charge in [-0.1, -0.05) is 13.3 Å². The SMILES string of the molecule is CCCCc1ncc(F)cc1F. The van der Waals surface area contributed by atoms with Crippen LogP contribution in [0.5, 0.6) is 0 Å². The predicted octanol–water partition coefficient (Wildman–Crippen LogP) is 2.70. The summed E-state index contributed by atoms with van der Waals surface area (Å²) < 4.78 is 25.2. The Morgan fingerprint density at radius 2 is 2.17 bits per heavy atom. The van der Waals surface area contributed by atoms with Crippen molar-refractivity contribution in [1.29, 1.82) is 0 Å². The zero-order valence-corrected chi connectivity index (χ0v) is 6.98. The summed E-state index contributed by atoms with van der Waals surface area (Å²) in [4.78, 5) is 3.67. The number of halogens is 2. The van der Waals surface area contributed by atoms with Crippen molar-refractivity contribution in [1.82, 2.24) is 4.98 Å². The van der Waals surface area contributed by atoms with E-state index in [0.29, 0.717) is 12.1 Å². The summed E-state index contributed by atoms with van der Waals surface area (Å²) in [6.07, 6.45) is 3.50. The normalized spacial score (nSPS) is 10.2. The molecule has 0 aliphatic rings. The summed E-state index contributed by atoms with van der Waals surface area (Å²) >= 11 is 0. The lowest BCUT2D eigenvalue weighted by Gasteiger charge is -1.99. The van der Waals surface area contributed by atoms with E-state index in [0.717, 1.165) is 25.1 Å². The van der Waals surface area contributed by atoms with E-state index in [-0.39, 0.29) is 0 Å². The maximum absolute atomic E-state index is 12.9. The Labute approximate surface area is 70.4 Å². The van der Waals surface area contributed by atoms with Gasteiger partial charge in [0.15, 0.2) is 0 Å². The van der Waals surface area contributed by atoms with Gasteiger partial charge in [-0.2, -0.15) is 0 Å². The molecule has 0 saturated carbocycles. The van der Waals surface area contributed by atoms with Gasteiger partial charge in [0, 0.05) is 6.07 Å². The van der Waals surface area contributed by atoms with Crippen molar-refractivity contribution in [2.75, 3.05) is 0 Å². The summed E-state index contributed by atoms with van der Waals surface area (Å²) in [6, 6.07) is 0.873. The average molecular weight is 171 g/mol. The molecule has 0 N–H and O–H groups in total. The van der Waals surface area contributed by atoms with Crippen LogP contribution in [-0.2, 0) is 6.42 Å². The molecule has 0 spiro atoms. The quantitative estimate of drug-likeness (QED) is 0.681. The summed E-state index contributed by atoms with van der Waals surface area (Å²) in [5, 5.41) is 0. The number of aryl methyl sites for hydroxylation is 1.